The van der Waals surface area contributed by atoms with Crippen molar-refractivity contribution in [1.82, 2.24) is 0 Å². The zero-order chi connectivity index (χ0) is 13.1. The molecule has 17 heavy (non-hydrogen) atoms. The third-order valence-corrected chi connectivity index (χ3v) is 0.576. The maximum Gasteiger partial charge on any atom is 2.00 e. The number of carbonyl (C=O) groups excluding carboxylic acids is 2. The summed E-state index contributed by atoms with van der Waals surface area (Å²) in [4.78, 5) is 43.8. The predicted molar refractivity (Wildman–Crippen MR) is 35.9 cm³/mol. The van der Waals surface area contributed by atoms with Crippen molar-refractivity contribution in [2.24, 2.45) is 0 Å². The van der Waals surface area contributed by atoms with E-state index < -0.39 is 35.3 Å². The van der Waals surface area contributed by atoms with Crippen LogP contribution in [0, 0.1) is 20.2 Å². The van der Waals surface area contributed by atoms with Crippen LogP contribution in [0.2, 0.25) is 0 Å². The maximum absolute atomic E-state index is 9.36. The fourth-order valence-electron chi connectivity index (χ4n) is 0.211. The molecule has 0 saturated carbocycles. The van der Waals surface area contributed by atoms with Gasteiger partial charge in [0.05, 0.1) is 11.9 Å². The van der Waals surface area contributed by atoms with Gasteiger partial charge >= 0.3 is 20.4 Å². The van der Waals surface area contributed by atoms with E-state index in [-0.39, 0.29) is 20.4 Å². The summed E-state index contributed by atoms with van der Waals surface area (Å²) in [6, 6.07) is 0. The standard InChI is InChI=1S/2C2H3NO5.Pd/c2*4-2(5)1-8-3(6)7;/h2*1H2,(H,4,5);/q;;+2/p-2. The first-order valence-corrected chi connectivity index (χ1v) is 3.20. The first kappa shape index (κ1) is 20.4. The number of nitrogens with zero attached hydrogens (tertiary/aromatic N) is 2. The maximum atomic E-state index is 9.36. The van der Waals surface area contributed by atoms with Crippen molar-refractivity contribution in [2.45, 2.75) is 0 Å². The molecule has 0 N–H and O–H groups in total. The Balaban J connectivity index is -0.000000218. The fourth-order valence-corrected chi connectivity index (χ4v) is 0.211. The van der Waals surface area contributed by atoms with Gasteiger partial charge in [0, 0.05) is 0 Å². The average molecular weight is 346 g/mol. The Morgan fingerprint density at radius 3 is 1.18 bits per heavy atom. The average Bonchev–Trinajstić information content (AvgIpc) is 2.12. The van der Waals surface area contributed by atoms with Gasteiger partial charge in [-0.2, -0.15) is 0 Å². The summed E-state index contributed by atoms with van der Waals surface area (Å²) in [5.74, 6) is -3.22. The van der Waals surface area contributed by atoms with E-state index in [1.54, 1.807) is 0 Å². The number of aliphatic carboxylic acids is 2. The minimum Gasteiger partial charge on any atom is -0.548 e. The normalized spacial score (nSPS) is 7.53. The molecule has 13 heteroatoms. The minimum absolute atomic E-state index is 0. The second kappa shape index (κ2) is 12.1. The second-order valence-corrected chi connectivity index (χ2v) is 1.74. The molecule has 100 valence electrons. The summed E-state index contributed by atoms with van der Waals surface area (Å²) in [6.07, 6.45) is 0. The van der Waals surface area contributed by atoms with Crippen LogP contribution < -0.4 is 10.2 Å². The molecule has 0 aliphatic rings. The molecule has 0 spiro atoms. The Hall–Kier alpha value is -2.00. The molecule has 0 amide bonds. The van der Waals surface area contributed by atoms with Gasteiger partial charge in [-0.05, 0) is 0 Å². The quantitative estimate of drug-likeness (QED) is 0.260. The van der Waals surface area contributed by atoms with E-state index in [1.165, 1.54) is 0 Å². The Morgan fingerprint density at radius 2 is 1.12 bits per heavy atom. The van der Waals surface area contributed by atoms with Gasteiger partial charge < -0.3 is 29.5 Å². The van der Waals surface area contributed by atoms with Crippen LogP contribution in [0.15, 0.2) is 0 Å². The second-order valence-electron chi connectivity index (χ2n) is 1.74. The van der Waals surface area contributed by atoms with Gasteiger partial charge in [0.1, 0.15) is 13.2 Å². The van der Waals surface area contributed by atoms with E-state index in [0.717, 1.165) is 0 Å². The van der Waals surface area contributed by atoms with E-state index in [4.69, 9.17) is 0 Å². The van der Waals surface area contributed by atoms with Crippen molar-refractivity contribution in [3.63, 3.8) is 0 Å². The van der Waals surface area contributed by atoms with Crippen molar-refractivity contribution >= 4 is 11.9 Å². The van der Waals surface area contributed by atoms with E-state index in [9.17, 15) is 40.0 Å². The fraction of sp³-hybridized carbons (Fsp3) is 0.500. The SMILES string of the molecule is O=C([O-])CO[N+](=O)[O-].O=C([O-])CO[N+](=O)[O-].[Pd+2]. The Kier molecular flexibility index (Phi) is 14.5. The molecule has 0 aliphatic carbocycles. The first-order valence-electron chi connectivity index (χ1n) is 3.20. The van der Waals surface area contributed by atoms with Crippen molar-refractivity contribution in [3.05, 3.63) is 20.2 Å². The van der Waals surface area contributed by atoms with Gasteiger partial charge in [0.2, 0.25) is 0 Å². The van der Waals surface area contributed by atoms with Crippen LogP contribution in [0.5, 0.6) is 0 Å². The summed E-state index contributed by atoms with van der Waals surface area (Å²) in [5, 5.41) is 34.7. The van der Waals surface area contributed by atoms with Crippen LogP contribution >= 0.6 is 0 Å². The van der Waals surface area contributed by atoms with Crippen LogP contribution in [0.3, 0.4) is 0 Å². The zero-order valence-corrected chi connectivity index (χ0v) is 9.26. The van der Waals surface area contributed by atoms with Gasteiger partial charge in [-0.1, -0.05) is 0 Å². The Morgan fingerprint density at radius 1 is 0.882 bits per heavy atom. The van der Waals surface area contributed by atoms with E-state index in [0.29, 0.717) is 0 Å². The number of carboxylic acids is 2. The number of carbonyl (C=O) groups is 2. The zero-order valence-electron chi connectivity index (χ0n) is 7.71. The molecule has 0 aromatic rings. The number of hydrogen-bond acceptors (Lipinski definition) is 10. The molecule has 0 aromatic carbocycles. The van der Waals surface area contributed by atoms with Crippen molar-refractivity contribution in [1.29, 1.82) is 0 Å². The van der Waals surface area contributed by atoms with Gasteiger partial charge in [0.15, 0.2) is 0 Å². The smallest absolute Gasteiger partial charge is 0.548 e. The van der Waals surface area contributed by atoms with E-state index >= 15 is 0 Å². The van der Waals surface area contributed by atoms with E-state index in [2.05, 4.69) is 9.68 Å². The summed E-state index contributed by atoms with van der Waals surface area (Å²) in [7, 11) is 0. The van der Waals surface area contributed by atoms with Gasteiger partial charge in [-0.3, -0.25) is 0 Å². The molecule has 0 unspecified atom stereocenters. The van der Waals surface area contributed by atoms with E-state index in [1.807, 2.05) is 0 Å². The molecule has 0 saturated heterocycles. The van der Waals surface area contributed by atoms with Crippen LogP contribution in [0.1, 0.15) is 0 Å². The summed E-state index contributed by atoms with van der Waals surface area (Å²) < 4.78 is 0. The molecule has 0 heterocycles. The molecule has 0 rings (SSSR count). The van der Waals surface area contributed by atoms with Crippen LogP contribution in [0.25, 0.3) is 0 Å². The summed E-state index contributed by atoms with van der Waals surface area (Å²) >= 11 is 0. The van der Waals surface area contributed by atoms with Crippen molar-refractivity contribution < 1.29 is 60.1 Å². The topological polar surface area (TPSA) is 185 Å². The molecular weight excluding hydrogens is 342 g/mol. The van der Waals surface area contributed by atoms with Crippen molar-refractivity contribution in [2.75, 3.05) is 13.2 Å². The van der Waals surface area contributed by atoms with Gasteiger partial charge in [-0.15, -0.1) is 20.2 Å². The first-order chi connectivity index (χ1) is 7.25. The van der Waals surface area contributed by atoms with Crippen molar-refractivity contribution in [3.8, 4) is 0 Å². The molecule has 0 aliphatic heterocycles. The molecule has 0 atom stereocenters. The molecule has 0 radical (unpaired) electrons. The molecule has 0 fully saturated rings. The number of hydrogen-bond donors (Lipinski definition) is 0. The number of rotatable bonds is 6. The molecule has 12 nitrogen and oxygen atoms in total. The summed E-state index contributed by atoms with van der Waals surface area (Å²) in [6.45, 7) is -2.01. The molecule has 0 bridgehead atoms. The van der Waals surface area contributed by atoms with Crippen LogP contribution in [-0.2, 0) is 39.7 Å². The Labute approximate surface area is 106 Å². The number of carboxylic acid groups (broad SMARTS) is 2. The van der Waals surface area contributed by atoms with Crippen LogP contribution in [-0.4, -0.2) is 35.3 Å². The largest absolute Gasteiger partial charge is 2.00 e. The van der Waals surface area contributed by atoms with Crippen LogP contribution in [0.4, 0.5) is 0 Å². The summed E-state index contributed by atoms with van der Waals surface area (Å²) in [5.41, 5.74) is 0. The molecule has 0 aromatic heterocycles. The van der Waals surface area contributed by atoms with Gasteiger partial charge in [-0.25, -0.2) is 0 Å². The Bertz CT molecular complexity index is 223. The third kappa shape index (κ3) is 31.5. The monoisotopic (exact) mass is 346 g/mol. The molecular formula is C4H4N2O10Pd. The minimum atomic E-state index is -1.61. The predicted octanol–water partition coefficient (Wildman–Crippen LogP) is -4.11. The third-order valence-electron chi connectivity index (χ3n) is 0.576. The van der Waals surface area contributed by atoms with Gasteiger partial charge in [0.25, 0.3) is 10.2 Å².